The van der Waals surface area contributed by atoms with E-state index in [2.05, 4.69) is 46.4 Å². The van der Waals surface area contributed by atoms with Crippen LogP contribution in [0.4, 0.5) is 13.2 Å². The van der Waals surface area contributed by atoms with E-state index in [0.717, 1.165) is 44.7 Å². The summed E-state index contributed by atoms with van der Waals surface area (Å²) in [6, 6.07) is 0. The number of hydrogen-bond donors (Lipinski definition) is 1. The van der Waals surface area contributed by atoms with Crippen LogP contribution in [0.1, 0.15) is 106 Å². The van der Waals surface area contributed by atoms with Crippen molar-refractivity contribution in [2.75, 3.05) is 7.05 Å². The number of halogens is 3. The lowest BCUT2D eigenvalue weighted by molar-refractivity contribution is -0.399. The molecule has 40 heavy (non-hydrogen) atoms. The molecule has 4 fully saturated rings. The van der Waals surface area contributed by atoms with Crippen LogP contribution in [0, 0.1) is 50.2 Å². The minimum Gasteiger partial charge on any atom is -0.393 e. The van der Waals surface area contributed by atoms with E-state index >= 15 is 0 Å². The zero-order chi connectivity index (χ0) is 29.9. The normalized spacial score (nSPS) is 48.2. The fraction of sp³-hybridized carbons (Fsp3) is 0.875. The first-order valence-corrected chi connectivity index (χ1v) is 15.1. The second-order valence-electron chi connectivity index (χ2n) is 16.0. The molecule has 9 atom stereocenters. The van der Waals surface area contributed by atoms with Gasteiger partial charge in [-0.15, -0.1) is 13.2 Å². The summed E-state index contributed by atoms with van der Waals surface area (Å²) in [7, 11) is 1.04. The number of hydrogen-bond acceptors (Lipinski definition) is 4. The molecule has 5 nitrogen and oxygen atoms in total. The van der Waals surface area contributed by atoms with Gasteiger partial charge in [-0.2, -0.15) is 4.84 Å². The minimum absolute atomic E-state index is 0.0647. The van der Waals surface area contributed by atoms with Crippen molar-refractivity contribution in [3.63, 3.8) is 0 Å². The van der Waals surface area contributed by atoms with Crippen LogP contribution in [0.25, 0.3) is 0 Å². The maximum absolute atomic E-state index is 14.4. The molecule has 1 amide bonds. The molecule has 5 aliphatic rings. The SMILES string of the molecule is CN(OC(F)(F)F)C(=O)[C@@]1(C)CC[C@]2(C)CC[C@]3(C)C(=CC(=O)[C@@H]4[C@@]5(C)CC[C@H](O)C(C)(C)C5CC[C@]43C)[C@@H]2C1. The number of allylic oxidation sites excluding steroid dienone is 2. The maximum Gasteiger partial charge on any atom is 0.544 e. The summed E-state index contributed by atoms with van der Waals surface area (Å²) in [6.45, 7) is 15.2. The van der Waals surface area contributed by atoms with Gasteiger partial charge in [0.05, 0.1) is 6.10 Å². The van der Waals surface area contributed by atoms with E-state index in [1.165, 1.54) is 0 Å². The second-order valence-corrected chi connectivity index (χ2v) is 16.0. The largest absolute Gasteiger partial charge is 0.544 e. The van der Waals surface area contributed by atoms with E-state index in [9.17, 15) is 27.9 Å². The molecule has 5 aliphatic carbocycles. The van der Waals surface area contributed by atoms with Crippen LogP contribution in [0.15, 0.2) is 11.6 Å². The molecule has 5 rings (SSSR count). The van der Waals surface area contributed by atoms with Gasteiger partial charge in [-0.25, -0.2) is 5.06 Å². The lowest BCUT2D eigenvalue weighted by Crippen LogP contribution is -2.66. The van der Waals surface area contributed by atoms with Crippen molar-refractivity contribution in [1.82, 2.24) is 5.06 Å². The summed E-state index contributed by atoms with van der Waals surface area (Å²) >= 11 is 0. The molecular weight excluding hydrogens is 519 g/mol. The van der Waals surface area contributed by atoms with Crippen molar-refractivity contribution in [3.05, 3.63) is 11.6 Å². The van der Waals surface area contributed by atoms with E-state index < -0.39 is 17.7 Å². The molecule has 8 heteroatoms. The molecule has 0 aliphatic heterocycles. The predicted molar refractivity (Wildman–Crippen MR) is 145 cm³/mol. The lowest BCUT2D eigenvalue weighted by atomic mass is 9.33. The standard InChI is InChI=1S/C32H48F3NO4/c1-26(2)22-9-12-31(7)24(29(22,5)11-10-23(26)38)21(37)17-19-20-18-28(4,25(39)36(8)40-32(33,34)35)14-13-27(20,3)15-16-30(19,31)6/h17,20,22-24,38H,9-16,18H2,1-8H3/t20-,22?,23-,24+,27+,28-,29-,30+,31+/m0/s1. The van der Waals surface area contributed by atoms with Gasteiger partial charge >= 0.3 is 6.36 Å². The monoisotopic (exact) mass is 567 g/mol. The van der Waals surface area contributed by atoms with Gasteiger partial charge in [-0.1, -0.05) is 54.0 Å². The summed E-state index contributed by atoms with van der Waals surface area (Å²) in [4.78, 5) is 31.7. The van der Waals surface area contributed by atoms with E-state index in [0.29, 0.717) is 30.7 Å². The van der Waals surface area contributed by atoms with Crippen molar-refractivity contribution >= 4 is 11.7 Å². The Kier molecular flexibility index (Phi) is 6.62. The molecule has 1 N–H and O–H groups in total. The Bertz CT molecular complexity index is 1130. The highest BCUT2D eigenvalue weighted by Gasteiger charge is 2.70. The topological polar surface area (TPSA) is 66.8 Å². The van der Waals surface area contributed by atoms with Crippen LogP contribution in [0.3, 0.4) is 0 Å². The lowest BCUT2D eigenvalue weighted by Gasteiger charge is -2.70. The van der Waals surface area contributed by atoms with Gasteiger partial charge in [-0.3, -0.25) is 9.59 Å². The van der Waals surface area contributed by atoms with Crippen LogP contribution in [-0.2, 0) is 14.4 Å². The van der Waals surface area contributed by atoms with E-state index in [1.807, 2.05) is 6.08 Å². The molecule has 0 radical (unpaired) electrons. The zero-order valence-corrected chi connectivity index (χ0v) is 25.5. The van der Waals surface area contributed by atoms with Crippen molar-refractivity contribution in [3.8, 4) is 0 Å². The highest BCUT2D eigenvalue weighted by molar-refractivity contribution is 5.95. The number of fused-ring (bicyclic) bond motifs is 7. The van der Waals surface area contributed by atoms with Gasteiger partial charge in [0.25, 0.3) is 5.91 Å². The highest BCUT2D eigenvalue weighted by Crippen LogP contribution is 2.75. The summed E-state index contributed by atoms with van der Waals surface area (Å²) in [5, 5.41) is 11.3. The molecule has 0 saturated heterocycles. The molecule has 0 aromatic heterocycles. The van der Waals surface area contributed by atoms with Gasteiger partial charge in [0, 0.05) is 18.4 Å². The van der Waals surface area contributed by atoms with Crippen molar-refractivity contribution < 1.29 is 32.7 Å². The Morgan fingerprint density at radius 3 is 2.23 bits per heavy atom. The average Bonchev–Trinajstić information content (AvgIpc) is 2.82. The van der Waals surface area contributed by atoms with Gasteiger partial charge in [0.1, 0.15) is 0 Å². The number of carbonyl (C=O) groups is 2. The quantitative estimate of drug-likeness (QED) is 0.357. The number of carbonyl (C=O) groups excluding carboxylic acids is 2. The summed E-state index contributed by atoms with van der Waals surface area (Å²) in [5.74, 6) is -0.466. The van der Waals surface area contributed by atoms with Crippen LogP contribution in [0.5, 0.6) is 0 Å². The first-order chi connectivity index (χ1) is 18.1. The molecular formula is C32H48F3NO4. The average molecular weight is 568 g/mol. The summed E-state index contributed by atoms with van der Waals surface area (Å²) < 4.78 is 38.8. The van der Waals surface area contributed by atoms with Crippen LogP contribution in [0.2, 0.25) is 0 Å². The summed E-state index contributed by atoms with van der Waals surface area (Å²) in [5.41, 5.74) is -1.02. The molecule has 0 aromatic rings. The van der Waals surface area contributed by atoms with E-state index in [4.69, 9.17) is 0 Å². The smallest absolute Gasteiger partial charge is 0.393 e. The Hall–Kier alpha value is -1.41. The molecule has 4 saturated carbocycles. The summed E-state index contributed by atoms with van der Waals surface area (Å²) in [6.07, 6.45) is 3.51. The maximum atomic E-state index is 14.4. The van der Waals surface area contributed by atoms with E-state index in [1.54, 1.807) is 6.92 Å². The number of alkyl halides is 3. The molecule has 0 spiro atoms. The Labute approximate surface area is 237 Å². The number of amides is 1. The Morgan fingerprint density at radius 1 is 0.975 bits per heavy atom. The number of ketones is 1. The van der Waals surface area contributed by atoms with Gasteiger partial charge in [-0.05, 0) is 103 Å². The third-order valence-electron chi connectivity index (χ3n) is 13.6. The number of hydroxylamine groups is 2. The molecule has 0 bridgehead atoms. The first-order valence-electron chi connectivity index (χ1n) is 15.1. The van der Waals surface area contributed by atoms with Crippen LogP contribution >= 0.6 is 0 Å². The zero-order valence-electron chi connectivity index (χ0n) is 25.5. The van der Waals surface area contributed by atoms with E-state index in [-0.39, 0.29) is 56.7 Å². The molecule has 1 unspecified atom stereocenters. The fourth-order valence-corrected chi connectivity index (χ4v) is 10.9. The number of nitrogens with zero attached hydrogens (tertiary/aromatic N) is 1. The van der Waals surface area contributed by atoms with Crippen molar-refractivity contribution in [2.45, 2.75) is 119 Å². The minimum atomic E-state index is -4.94. The van der Waals surface area contributed by atoms with Crippen LogP contribution < -0.4 is 0 Å². The van der Waals surface area contributed by atoms with Crippen LogP contribution in [-0.4, -0.2) is 41.4 Å². The second kappa shape index (κ2) is 8.81. The molecule has 226 valence electrons. The third-order valence-corrected chi connectivity index (χ3v) is 13.6. The third kappa shape index (κ3) is 4.00. The van der Waals surface area contributed by atoms with Gasteiger partial charge < -0.3 is 5.11 Å². The highest BCUT2D eigenvalue weighted by atomic mass is 19.4. The van der Waals surface area contributed by atoms with Crippen molar-refractivity contribution in [2.24, 2.45) is 50.2 Å². The fourth-order valence-electron chi connectivity index (χ4n) is 10.9. The number of aliphatic hydroxyl groups excluding tert-OH is 1. The Balaban J connectivity index is 1.54. The first kappa shape index (κ1) is 30.1. The number of rotatable bonds is 2. The molecule has 0 aromatic carbocycles. The predicted octanol–water partition coefficient (Wildman–Crippen LogP) is 7.24. The van der Waals surface area contributed by atoms with Gasteiger partial charge in [0.15, 0.2) is 5.78 Å². The molecule has 0 heterocycles. The number of aliphatic hydroxyl groups is 1. The van der Waals surface area contributed by atoms with Crippen molar-refractivity contribution in [1.29, 1.82) is 0 Å². The Morgan fingerprint density at radius 2 is 1.60 bits per heavy atom. The van der Waals surface area contributed by atoms with Gasteiger partial charge in [0.2, 0.25) is 0 Å².